The minimum atomic E-state index is -0.611. The van der Waals surface area contributed by atoms with Gasteiger partial charge in [0.25, 0.3) is 0 Å². The van der Waals surface area contributed by atoms with Gasteiger partial charge in [-0.1, -0.05) is 12.1 Å². The van der Waals surface area contributed by atoms with Crippen LogP contribution in [0.4, 0.5) is 14.0 Å². The molecular weight excluding hydrogens is 513 g/mol. The van der Waals surface area contributed by atoms with E-state index in [1.165, 1.54) is 24.9 Å². The Kier molecular flexibility index (Phi) is 8.08. The predicted molar refractivity (Wildman–Crippen MR) is 148 cm³/mol. The minimum absolute atomic E-state index is 0.304. The van der Waals surface area contributed by atoms with Crippen molar-refractivity contribution in [3.63, 3.8) is 0 Å². The van der Waals surface area contributed by atoms with Crippen LogP contribution in [0.3, 0.4) is 0 Å². The third-order valence-corrected chi connectivity index (χ3v) is 8.50. The Labute approximate surface area is 236 Å². The van der Waals surface area contributed by atoms with Crippen molar-refractivity contribution >= 4 is 12.2 Å². The molecule has 40 heavy (non-hydrogen) atoms. The van der Waals surface area contributed by atoms with Crippen molar-refractivity contribution in [1.29, 1.82) is 0 Å². The molecule has 4 heterocycles. The zero-order valence-electron chi connectivity index (χ0n) is 24.3. The van der Waals surface area contributed by atoms with Crippen LogP contribution in [-0.4, -0.2) is 69.4 Å². The Morgan fingerprint density at radius 1 is 1.18 bits per heavy atom. The second kappa shape index (κ2) is 11.4. The Hall–Kier alpha value is -3.14. The zero-order valence-corrected chi connectivity index (χ0v) is 24.3. The first-order chi connectivity index (χ1) is 19.0. The number of imidazole rings is 1. The molecule has 218 valence electrons. The van der Waals surface area contributed by atoms with E-state index in [4.69, 9.17) is 14.5 Å². The fraction of sp³-hybridized carbons (Fsp3) is 0.633. The number of methoxy groups -OCH3 is 1. The van der Waals surface area contributed by atoms with Crippen molar-refractivity contribution in [3.05, 3.63) is 52.9 Å². The van der Waals surface area contributed by atoms with Crippen LogP contribution in [-0.2, 0) is 22.4 Å². The first kappa shape index (κ1) is 28.4. The number of amides is 2. The van der Waals surface area contributed by atoms with E-state index in [1.807, 2.05) is 26.8 Å². The van der Waals surface area contributed by atoms with Gasteiger partial charge in [-0.15, -0.1) is 0 Å². The number of ether oxygens (including phenoxy) is 2. The second-order valence-corrected chi connectivity index (χ2v) is 12.4. The summed E-state index contributed by atoms with van der Waals surface area (Å²) in [5, 5.41) is 2.99. The molecule has 2 aromatic rings. The molecule has 2 unspecified atom stereocenters. The van der Waals surface area contributed by atoms with Gasteiger partial charge in [0.15, 0.2) is 0 Å². The van der Waals surface area contributed by atoms with E-state index in [9.17, 15) is 14.0 Å². The average molecular weight is 556 g/mol. The highest BCUT2D eigenvalue weighted by atomic mass is 19.1. The van der Waals surface area contributed by atoms with Crippen molar-refractivity contribution in [3.8, 4) is 0 Å². The third-order valence-electron chi connectivity index (χ3n) is 8.50. The number of fused-ring (bicyclic) bond motifs is 3. The van der Waals surface area contributed by atoms with Crippen molar-refractivity contribution in [2.75, 3.05) is 20.2 Å². The van der Waals surface area contributed by atoms with E-state index < -0.39 is 11.7 Å². The fourth-order valence-corrected chi connectivity index (χ4v) is 6.90. The largest absolute Gasteiger partial charge is 0.453 e. The number of halogens is 1. The number of hydrogen-bond acceptors (Lipinski definition) is 6. The number of alkyl carbamates (subject to hydrolysis) is 1. The summed E-state index contributed by atoms with van der Waals surface area (Å²) >= 11 is 0. The standard InChI is InChI=1S/C30H42FN5O4/c1-19-32-26-18-34(29(38)39-5)13-12-27(26)36(19)24-16-22-9-10-23(17-24)35(22)14-11-25(20-7-6-8-21(31)15-20)33-28(37)40-30(2,3)4/h6-8,15,22-25H,9-14,16-18H2,1-5H3,(H,33,37)/t22?,23?,24?,25-/m0/s1. The van der Waals surface area contributed by atoms with Crippen LogP contribution in [0.15, 0.2) is 24.3 Å². The molecule has 9 nitrogen and oxygen atoms in total. The van der Waals surface area contributed by atoms with Gasteiger partial charge >= 0.3 is 12.2 Å². The molecule has 3 atom stereocenters. The summed E-state index contributed by atoms with van der Waals surface area (Å²) in [6.07, 6.45) is 5.05. The number of hydrogen-bond donors (Lipinski definition) is 1. The van der Waals surface area contributed by atoms with Gasteiger partial charge in [-0.2, -0.15) is 0 Å². The van der Waals surface area contributed by atoms with Gasteiger partial charge in [-0.3, -0.25) is 4.90 Å². The van der Waals surface area contributed by atoms with E-state index in [2.05, 4.69) is 21.7 Å². The topological polar surface area (TPSA) is 88.9 Å². The molecule has 1 N–H and O–H groups in total. The lowest BCUT2D eigenvalue weighted by atomic mass is 9.95. The van der Waals surface area contributed by atoms with Crippen molar-refractivity contribution in [2.45, 2.75) is 103 Å². The first-order valence-electron chi connectivity index (χ1n) is 14.4. The smallest absolute Gasteiger partial charge is 0.409 e. The van der Waals surface area contributed by atoms with E-state index in [-0.39, 0.29) is 18.0 Å². The highest BCUT2D eigenvalue weighted by Gasteiger charge is 2.42. The summed E-state index contributed by atoms with van der Waals surface area (Å²) in [5.41, 5.74) is 2.37. The number of carbonyl (C=O) groups excluding carboxylic acids is 2. The van der Waals surface area contributed by atoms with Gasteiger partial charge < -0.3 is 24.3 Å². The molecule has 0 saturated carbocycles. The maximum atomic E-state index is 14.1. The van der Waals surface area contributed by atoms with Crippen LogP contribution < -0.4 is 5.32 Å². The van der Waals surface area contributed by atoms with Crippen LogP contribution >= 0.6 is 0 Å². The Bertz CT molecular complexity index is 1230. The van der Waals surface area contributed by atoms with Crippen LogP contribution in [0.1, 0.15) is 87.7 Å². The molecule has 1 aromatic carbocycles. The molecule has 0 radical (unpaired) electrons. The highest BCUT2D eigenvalue weighted by Crippen LogP contribution is 2.43. The summed E-state index contributed by atoms with van der Waals surface area (Å²) in [5.74, 6) is 0.699. The quantitative estimate of drug-likeness (QED) is 0.522. The van der Waals surface area contributed by atoms with E-state index in [1.54, 1.807) is 11.0 Å². The summed E-state index contributed by atoms with van der Waals surface area (Å²) in [4.78, 5) is 33.9. The van der Waals surface area contributed by atoms with E-state index in [0.717, 1.165) is 55.7 Å². The fourth-order valence-electron chi connectivity index (χ4n) is 6.90. The molecule has 2 amide bonds. The molecule has 1 aromatic heterocycles. The van der Waals surface area contributed by atoms with Crippen LogP contribution in [0, 0.1) is 12.7 Å². The molecule has 0 aliphatic carbocycles. The lowest BCUT2D eigenvalue weighted by Crippen LogP contribution is -2.45. The predicted octanol–water partition coefficient (Wildman–Crippen LogP) is 5.28. The molecule has 10 heteroatoms. The van der Waals surface area contributed by atoms with Gasteiger partial charge in [0, 0.05) is 43.3 Å². The number of rotatable bonds is 6. The summed E-state index contributed by atoms with van der Waals surface area (Å²) < 4.78 is 27.0. The average Bonchev–Trinajstić information content (AvgIpc) is 3.34. The number of nitrogens with one attached hydrogen (secondary N) is 1. The number of benzene rings is 1. The van der Waals surface area contributed by atoms with Crippen LogP contribution in [0.5, 0.6) is 0 Å². The van der Waals surface area contributed by atoms with Crippen LogP contribution in [0.25, 0.3) is 0 Å². The maximum absolute atomic E-state index is 14.1. The number of carbonyl (C=O) groups is 2. The highest BCUT2D eigenvalue weighted by molar-refractivity contribution is 5.68. The second-order valence-electron chi connectivity index (χ2n) is 12.4. The molecule has 2 bridgehead atoms. The minimum Gasteiger partial charge on any atom is -0.453 e. The number of aromatic nitrogens is 2. The van der Waals surface area contributed by atoms with Gasteiger partial charge in [-0.25, -0.2) is 19.0 Å². The zero-order chi connectivity index (χ0) is 28.6. The lowest BCUT2D eigenvalue weighted by Gasteiger charge is -2.41. The van der Waals surface area contributed by atoms with Crippen molar-refractivity contribution < 1.29 is 23.5 Å². The molecular formula is C30H42FN5O4. The molecule has 2 saturated heterocycles. The van der Waals surface area contributed by atoms with Gasteiger partial charge in [0.05, 0.1) is 25.4 Å². The molecule has 0 spiro atoms. The summed E-state index contributed by atoms with van der Waals surface area (Å²) in [7, 11) is 1.42. The van der Waals surface area contributed by atoms with E-state index in [0.29, 0.717) is 37.6 Å². The third kappa shape index (κ3) is 6.11. The lowest BCUT2D eigenvalue weighted by molar-refractivity contribution is 0.0488. The Morgan fingerprint density at radius 2 is 1.90 bits per heavy atom. The number of aryl methyl sites for hydroxylation is 1. The van der Waals surface area contributed by atoms with Gasteiger partial charge in [0.2, 0.25) is 0 Å². The summed E-state index contributed by atoms with van der Waals surface area (Å²) in [6, 6.07) is 7.40. The van der Waals surface area contributed by atoms with Crippen LogP contribution in [0.2, 0.25) is 0 Å². The molecule has 2 fully saturated rings. The molecule has 3 aliphatic heterocycles. The normalized spacial score (nSPS) is 23.4. The Morgan fingerprint density at radius 3 is 2.55 bits per heavy atom. The molecule has 5 rings (SSSR count). The van der Waals surface area contributed by atoms with Crippen molar-refractivity contribution in [2.24, 2.45) is 0 Å². The van der Waals surface area contributed by atoms with Gasteiger partial charge in [-0.05, 0) is 77.5 Å². The SMILES string of the molecule is COC(=O)N1CCc2c(nc(C)n2C2CC3CCC(C2)N3CC[C@H](NC(=O)OC(C)(C)C)c2cccc(F)c2)C1. The monoisotopic (exact) mass is 555 g/mol. The summed E-state index contributed by atoms with van der Waals surface area (Å²) in [6.45, 7) is 9.52. The number of nitrogens with zero attached hydrogens (tertiary/aromatic N) is 4. The van der Waals surface area contributed by atoms with Gasteiger partial charge in [0.1, 0.15) is 17.2 Å². The Balaban J connectivity index is 1.26. The number of piperidine rings is 1. The van der Waals surface area contributed by atoms with E-state index >= 15 is 0 Å². The molecule has 3 aliphatic rings. The first-order valence-corrected chi connectivity index (χ1v) is 14.4. The maximum Gasteiger partial charge on any atom is 0.409 e. The van der Waals surface area contributed by atoms with Crippen molar-refractivity contribution in [1.82, 2.24) is 24.7 Å².